The zero-order chi connectivity index (χ0) is 18.2. The van der Waals surface area contributed by atoms with Gasteiger partial charge in [-0.2, -0.15) is 0 Å². The molecule has 2 rings (SSSR count). The van der Waals surface area contributed by atoms with Crippen LogP contribution >= 0.6 is 11.8 Å². The van der Waals surface area contributed by atoms with E-state index in [0.717, 1.165) is 17.0 Å². The second-order valence-corrected chi connectivity index (χ2v) is 6.33. The lowest BCUT2D eigenvalue weighted by Crippen LogP contribution is -2.30. The number of benzene rings is 2. The quantitative estimate of drug-likeness (QED) is 0.595. The fraction of sp³-hybridized carbons (Fsp3) is 0.222. The maximum absolute atomic E-state index is 13.5. The number of anilines is 1. The van der Waals surface area contributed by atoms with Crippen LogP contribution in [0.25, 0.3) is 0 Å². The molecule has 7 heteroatoms. The number of amides is 1. The van der Waals surface area contributed by atoms with Crippen molar-refractivity contribution in [2.24, 2.45) is 0 Å². The van der Waals surface area contributed by atoms with Crippen LogP contribution in [0.15, 0.2) is 53.4 Å². The van der Waals surface area contributed by atoms with Crippen LogP contribution in [0.1, 0.15) is 13.3 Å². The van der Waals surface area contributed by atoms with Gasteiger partial charge in [0, 0.05) is 16.7 Å². The van der Waals surface area contributed by atoms with Gasteiger partial charge >= 0.3 is 5.97 Å². The summed E-state index contributed by atoms with van der Waals surface area (Å²) in [5.41, 5.74) is -0.172. The smallest absolute Gasteiger partial charge is 0.307 e. The molecule has 1 unspecified atom stereocenters. The molecule has 0 saturated carbocycles. The number of carbonyl (C=O) groups excluding carboxylic acids is 2. The highest BCUT2D eigenvalue weighted by Gasteiger charge is 2.19. The number of ether oxygens (including phenoxy) is 1. The average molecular weight is 365 g/mol. The Morgan fingerprint density at radius 3 is 2.56 bits per heavy atom. The van der Waals surface area contributed by atoms with Crippen LogP contribution in [0, 0.1) is 11.6 Å². The van der Waals surface area contributed by atoms with Crippen molar-refractivity contribution in [1.82, 2.24) is 0 Å². The number of nitrogens with one attached hydrogen (secondary N) is 1. The van der Waals surface area contributed by atoms with Gasteiger partial charge in [-0.25, -0.2) is 8.78 Å². The molecule has 0 spiro atoms. The third-order valence-electron chi connectivity index (χ3n) is 3.18. The minimum absolute atomic E-state index is 0.141. The van der Waals surface area contributed by atoms with E-state index in [1.165, 1.54) is 18.7 Å². The largest absolute Gasteiger partial charge is 0.453 e. The predicted octanol–water partition coefficient (Wildman–Crippen LogP) is 4.02. The minimum Gasteiger partial charge on any atom is -0.453 e. The highest BCUT2D eigenvalue weighted by atomic mass is 32.2. The molecule has 0 heterocycles. The zero-order valence-electron chi connectivity index (χ0n) is 13.5. The number of carbonyl (C=O) groups is 2. The topological polar surface area (TPSA) is 55.4 Å². The Balaban J connectivity index is 1.77. The van der Waals surface area contributed by atoms with E-state index in [1.54, 1.807) is 0 Å². The van der Waals surface area contributed by atoms with Crippen molar-refractivity contribution < 1.29 is 23.1 Å². The summed E-state index contributed by atoms with van der Waals surface area (Å²) >= 11 is 1.50. The van der Waals surface area contributed by atoms with Crippen LogP contribution < -0.4 is 5.32 Å². The van der Waals surface area contributed by atoms with E-state index in [-0.39, 0.29) is 12.1 Å². The van der Waals surface area contributed by atoms with Crippen molar-refractivity contribution >= 4 is 29.3 Å². The average Bonchev–Trinajstić information content (AvgIpc) is 2.58. The first-order chi connectivity index (χ1) is 12.0. The van der Waals surface area contributed by atoms with Gasteiger partial charge in [-0.3, -0.25) is 9.59 Å². The normalized spacial score (nSPS) is 11.6. The highest BCUT2D eigenvalue weighted by molar-refractivity contribution is 7.99. The minimum atomic E-state index is -1.08. The Morgan fingerprint density at radius 1 is 1.16 bits per heavy atom. The Morgan fingerprint density at radius 2 is 1.88 bits per heavy atom. The number of halogens is 2. The molecule has 0 saturated heterocycles. The molecule has 2 aromatic carbocycles. The monoisotopic (exact) mass is 365 g/mol. The van der Waals surface area contributed by atoms with Crippen LogP contribution in [-0.2, 0) is 14.3 Å². The molecule has 0 fully saturated rings. The molecule has 132 valence electrons. The molecule has 0 radical (unpaired) electrons. The van der Waals surface area contributed by atoms with E-state index >= 15 is 0 Å². The number of hydrogen-bond donors (Lipinski definition) is 1. The van der Waals surface area contributed by atoms with Gasteiger partial charge in [0.2, 0.25) is 0 Å². The molecule has 1 amide bonds. The molecular formula is C18H17F2NO3S. The predicted molar refractivity (Wildman–Crippen MR) is 92.3 cm³/mol. The van der Waals surface area contributed by atoms with Gasteiger partial charge in [-0.1, -0.05) is 18.2 Å². The van der Waals surface area contributed by atoms with Crippen molar-refractivity contribution in [3.05, 3.63) is 60.2 Å². The summed E-state index contributed by atoms with van der Waals surface area (Å²) in [4.78, 5) is 24.7. The summed E-state index contributed by atoms with van der Waals surface area (Å²) in [6, 6.07) is 12.4. The van der Waals surface area contributed by atoms with Crippen LogP contribution in [0.2, 0.25) is 0 Å². The van der Waals surface area contributed by atoms with E-state index in [2.05, 4.69) is 5.32 Å². The fourth-order valence-electron chi connectivity index (χ4n) is 1.90. The van der Waals surface area contributed by atoms with Crippen molar-refractivity contribution in [1.29, 1.82) is 0 Å². The number of hydrogen-bond acceptors (Lipinski definition) is 4. The van der Waals surface area contributed by atoms with Crippen LogP contribution in [0.3, 0.4) is 0 Å². The van der Waals surface area contributed by atoms with Crippen molar-refractivity contribution in [2.45, 2.75) is 24.3 Å². The second-order valence-electron chi connectivity index (χ2n) is 5.16. The molecule has 0 aliphatic heterocycles. The first-order valence-corrected chi connectivity index (χ1v) is 8.57. The Bertz CT molecular complexity index is 740. The molecule has 1 N–H and O–H groups in total. The second kappa shape index (κ2) is 9.17. The first-order valence-electron chi connectivity index (χ1n) is 7.59. The first kappa shape index (κ1) is 18.9. The van der Waals surface area contributed by atoms with Gasteiger partial charge in [0.1, 0.15) is 11.6 Å². The lowest BCUT2D eigenvalue weighted by Gasteiger charge is -2.14. The molecule has 0 aliphatic carbocycles. The molecular weight excluding hydrogens is 348 g/mol. The molecule has 4 nitrogen and oxygen atoms in total. The van der Waals surface area contributed by atoms with Gasteiger partial charge in [0.05, 0.1) is 12.1 Å². The number of esters is 1. The van der Waals surface area contributed by atoms with Crippen LogP contribution in [-0.4, -0.2) is 23.7 Å². The number of thioether (sulfide) groups is 1. The summed E-state index contributed by atoms with van der Waals surface area (Å²) in [6.07, 6.45) is -0.944. The van der Waals surface area contributed by atoms with Crippen molar-refractivity contribution in [3.8, 4) is 0 Å². The third kappa shape index (κ3) is 6.19. The summed E-state index contributed by atoms with van der Waals surface area (Å²) in [7, 11) is 0. The third-order valence-corrected chi connectivity index (χ3v) is 4.20. The van der Waals surface area contributed by atoms with Crippen LogP contribution in [0.4, 0.5) is 14.5 Å². The van der Waals surface area contributed by atoms with Crippen molar-refractivity contribution in [2.75, 3.05) is 11.1 Å². The molecule has 0 aromatic heterocycles. The van der Waals surface area contributed by atoms with Gasteiger partial charge in [0.15, 0.2) is 6.10 Å². The van der Waals surface area contributed by atoms with Gasteiger partial charge in [-0.15, -0.1) is 11.8 Å². The van der Waals surface area contributed by atoms with E-state index in [9.17, 15) is 18.4 Å². The Hall–Kier alpha value is -2.41. The molecule has 0 aliphatic rings. The SMILES string of the molecule is CC(OC(=O)CCSc1ccccc1)C(=O)Nc1ccc(F)cc1F. The maximum atomic E-state index is 13.5. The fourth-order valence-corrected chi connectivity index (χ4v) is 2.76. The standard InChI is InChI=1S/C18H17F2NO3S/c1-12(18(23)21-16-8-7-13(19)11-15(16)20)24-17(22)9-10-25-14-5-3-2-4-6-14/h2-8,11-12H,9-10H2,1H3,(H,21,23). The van der Waals surface area contributed by atoms with E-state index in [0.29, 0.717) is 11.8 Å². The summed E-state index contributed by atoms with van der Waals surface area (Å²) in [5, 5.41) is 2.26. The summed E-state index contributed by atoms with van der Waals surface area (Å²) in [6.45, 7) is 1.39. The van der Waals surface area contributed by atoms with Gasteiger partial charge < -0.3 is 10.1 Å². The van der Waals surface area contributed by atoms with E-state index in [1.807, 2.05) is 30.3 Å². The van der Waals surface area contributed by atoms with Gasteiger partial charge in [0.25, 0.3) is 5.91 Å². The van der Waals surface area contributed by atoms with E-state index < -0.39 is 29.6 Å². The molecule has 0 bridgehead atoms. The summed E-state index contributed by atoms with van der Waals surface area (Å²) < 4.78 is 31.4. The molecule has 1 atom stereocenters. The zero-order valence-corrected chi connectivity index (χ0v) is 14.3. The Labute approximate surface area is 148 Å². The summed E-state index contributed by atoms with van der Waals surface area (Å²) in [5.74, 6) is -2.33. The van der Waals surface area contributed by atoms with Crippen molar-refractivity contribution in [3.63, 3.8) is 0 Å². The van der Waals surface area contributed by atoms with Gasteiger partial charge in [-0.05, 0) is 31.2 Å². The van der Waals surface area contributed by atoms with Crippen LogP contribution in [0.5, 0.6) is 0 Å². The molecule has 25 heavy (non-hydrogen) atoms. The lowest BCUT2D eigenvalue weighted by molar-refractivity contribution is -0.152. The van der Waals surface area contributed by atoms with E-state index in [4.69, 9.17) is 4.74 Å². The number of rotatable bonds is 7. The lowest BCUT2D eigenvalue weighted by atomic mass is 10.2. The maximum Gasteiger partial charge on any atom is 0.307 e. The highest BCUT2D eigenvalue weighted by Crippen LogP contribution is 2.18. The molecule has 2 aromatic rings. The Kier molecular flexibility index (Phi) is 6.94.